The summed E-state index contributed by atoms with van der Waals surface area (Å²) < 4.78 is 0. The fourth-order valence-corrected chi connectivity index (χ4v) is 1.46. The van der Waals surface area contributed by atoms with Gasteiger partial charge in [0.05, 0.1) is 6.10 Å². The number of rotatable bonds is 2. The molecule has 0 aliphatic heterocycles. The minimum Gasteiger partial charge on any atom is -0.504 e. The minimum atomic E-state index is -0.965. The van der Waals surface area contributed by atoms with Crippen LogP contribution in [-0.4, -0.2) is 21.9 Å². The highest BCUT2D eigenvalue weighted by Crippen LogP contribution is 2.37. The fraction of sp³-hybridized carbons (Fsp3) is 0.500. The topological polar surface area (TPSA) is 86.7 Å². The van der Waals surface area contributed by atoms with E-state index in [1.54, 1.807) is 6.07 Å². The molecule has 0 aliphatic carbocycles. The molecule has 0 fully saturated rings. The van der Waals surface area contributed by atoms with Gasteiger partial charge in [0.25, 0.3) is 0 Å². The van der Waals surface area contributed by atoms with E-state index in [0.29, 0.717) is 0 Å². The van der Waals surface area contributed by atoms with Gasteiger partial charge in [0, 0.05) is 12.1 Å². The van der Waals surface area contributed by atoms with Crippen LogP contribution in [0, 0.1) is 0 Å². The van der Waals surface area contributed by atoms with E-state index in [0.717, 1.165) is 5.56 Å². The van der Waals surface area contributed by atoms with Crippen molar-refractivity contribution in [3.8, 4) is 11.5 Å². The van der Waals surface area contributed by atoms with Crippen LogP contribution in [-0.2, 0) is 5.41 Å². The van der Waals surface area contributed by atoms with Gasteiger partial charge in [-0.1, -0.05) is 20.8 Å². The molecule has 0 aromatic heterocycles. The lowest BCUT2D eigenvalue weighted by Gasteiger charge is -2.22. The first-order valence-corrected chi connectivity index (χ1v) is 5.22. The van der Waals surface area contributed by atoms with Crippen LogP contribution < -0.4 is 5.73 Å². The third kappa shape index (κ3) is 2.46. The molecule has 1 rings (SSSR count). The first-order chi connectivity index (χ1) is 7.27. The van der Waals surface area contributed by atoms with E-state index >= 15 is 0 Å². The van der Waals surface area contributed by atoms with Gasteiger partial charge in [-0.3, -0.25) is 0 Å². The Balaban J connectivity index is 3.33. The highest BCUT2D eigenvalue weighted by atomic mass is 16.3. The second-order valence-electron chi connectivity index (χ2n) is 4.93. The van der Waals surface area contributed by atoms with Crippen molar-refractivity contribution in [2.45, 2.75) is 32.3 Å². The molecule has 0 spiro atoms. The monoisotopic (exact) mass is 225 g/mol. The summed E-state index contributed by atoms with van der Waals surface area (Å²) in [5, 5.41) is 28.8. The molecule has 1 atom stereocenters. The molecule has 1 aromatic rings. The average molecular weight is 225 g/mol. The Hall–Kier alpha value is -1.26. The Bertz CT molecular complexity index is 383. The molecule has 16 heavy (non-hydrogen) atoms. The molecular weight excluding hydrogens is 206 g/mol. The summed E-state index contributed by atoms with van der Waals surface area (Å²) in [6.07, 6.45) is -0.965. The van der Waals surface area contributed by atoms with Crippen LogP contribution in [0.2, 0.25) is 0 Å². The Labute approximate surface area is 95.3 Å². The Morgan fingerprint density at radius 2 is 1.81 bits per heavy atom. The highest BCUT2D eigenvalue weighted by Gasteiger charge is 2.21. The number of hydrogen-bond donors (Lipinski definition) is 4. The van der Waals surface area contributed by atoms with E-state index in [2.05, 4.69) is 0 Å². The molecule has 0 bridgehead atoms. The first kappa shape index (κ1) is 12.8. The number of aromatic hydroxyl groups is 2. The Kier molecular flexibility index (Phi) is 3.45. The van der Waals surface area contributed by atoms with E-state index in [1.165, 1.54) is 6.07 Å². The normalized spacial score (nSPS) is 13.8. The molecule has 90 valence electrons. The van der Waals surface area contributed by atoms with Gasteiger partial charge < -0.3 is 21.1 Å². The quantitative estimate of drug-likeness (QED) is 0.573. The van der Waals surface area contributed by atoms with Crippen molar-refractivity contribution in [1.29, 1.82) is 0 Å². The maximum Gasteiger partial charge on any atom is 0.163 e. The largest absolute Gasteiger partial charge is 0.504 e. The molecule has 1 unspecified atom stereocenters. The number of phenolic OH excluding ortho intramolecular Hbond substituents is 2. The van der Waals surface area contributed by atoms with E-state index in [-0.39, 0.29) is 29.0 Å². The molecule has 0 aliphatic rings. The molecule has 0 heterocycles. The smallest absolute Gasteiger partial charge is 0.163 e. The third-order valence-corrected chi connectivity index (χ3v) is 2.57. The fourth-order valence-electron chi connectivity index (χ4n) is 1.46. The third-order valence-electron chi connectivity index (χ3n) is 2.57. The van der Waals surface area contributed by atoms with Crippen LogP contribution in [0.3, 0.4) is 0 Å². The maximum absolute atomic E-state index is 9.63. The Morgan fingerprint density at radius 1 is 1.25 bits per heavy atom. The van der Waals surface area contributed by atoms with Crippen LogP contribution >= 0.6 is 0 Å². The zero-order chi connectivity index (χ0) is 12.5. The molecular formula is C12H19NO3. The standard InChI is InChI=1S/C12H19NO3/c1-12(2,3)7-4-8(10(15)6-13)11(16)9(14)5-7/h4-5,10,14-16H,6,13H2,1-3H3. The van der Waals surface area contributed by atoms with Crippen molar-refractivity contribution < 1.29 is 15.3 Å². The van der Waals surface area contributed by atoms with E-state index < -0.39 is 6.10 Å². The maximum atomic E-state index is 9.63. The zero-order valence-electron chi connectivity index (χ0n) is 9.86. The minimum absolute atomic E-state index is 0.000591. The van der Waals surface area contributed by atoms with Crippen molar-refractivity contribution in [3.05, 3.63) is 23.3 Å². The lowest BCUT2D eigenvalue weighted by molar-refractivity contribution is 0.181. The molecule has 0 radical (unpaired) electrons. The number of aliphatic hydroxyl groups excluding tert-OH is 1. The van der Waals surface area contributed by atoms with Gasteiger partial charge in [0.2, 0.25) is 0 Å². The van der Waals surface area contributed by atoms with Crippen molar-refractivity contribution in [2.24, 2.45) is 5.73 Å². The number of phenols is 2. The summed E-state index contributed by atoms with van der Waals surface area (Å²) in [5.41, 5.74) is 6.28. The number of nitrogens with two attached hydrogens (primary N) is 1. The second-order valence-corrected chi connectivity index (χ2v) is 4.93. The summed E-state index contributed by atoms with van der Waals surface area (Å²) >= 11 is 0. The lowest BCUT2D eigenvalue weighted by atomic mass is 9.85. The molecule has 4 heteroatoms. The average Bonchev–Trinajstić information content (AvgIpc) is 2.19. The van der Waals surface area contributed by atoms with Gasteiger partial charge in [-0.15, -0.1) is 0 Å². The predicted molar refractivity (Wildman–Crippen MR) is 62.5 cm³/mol. The van der Waals surface area contributed by atoms with Gasteiger partial charge >= 0.3 is 0 Å². The van der Waals surface area contributed by atoms with E-state index in [4.69, 9.17) is 5.73 Å². The Morgan fingerprint density at radius 3 is 2.25 bits per heavy atom. The van der Waals surface area contributed by atoms with E-state index in [9.17, 15) is 15.3 Å². The number of benzene rings is 1. The van der Waals surface area contributed by atoms with Crippen LogP contribution in [0.5, 0.6) is 11.5 Å². The van der Waals surface area contributed by atoms with Gasteiger partial charge in [-0.05, 0) is 23.1 Å². The van der Waals surface area contributed by atoms with E-state index in [1.807, 2.05) is 20.8 Å². The number of hydrogen-bond acceptors (Lipinski definition) is 4. The summed E-state index contributed by atoms with van der Waals surface area (Å²) in [6.45, 7) is 5.95. The zero-order valence-corrected chi connectivity index (χ0v) is 9.86. The summed E-state index contributed by atoms with van der Waals surface area (Å²) in [5.74, 6) is -0.527. The summed E-state index contributed by atoms with van der Waals surface area (Å²) in [4.78, 5) is 0. The van der Waals surface area contributed by atoms with Crippen LogP contribution in [0.4, 0.5) is 0 Å². The van der Waals surface area contributed by atoms with Crippen molar-refractivity contribution in [2.75, 3.05) is 6.54 Å². The summed E-state index contributed by atoms with van der Waals surface area (Å²) in [7, 11) is 0. The van der Waals surface area contributed by atoms with Crippen LogP contribution in [0.15, 0.2) is 12.1 Å². The molecule has 0 saturated carbocycles. The van der Waals surface area contributed by atoms with Crippen LogP contribution in [0.25, 0.3) is 0 Å². The van der Waals surface area contributed by atoms with Crippen molar-refractivity contribution >= 4 is 0 Å². The molecule has 1 aromatic carbocycles. The second kappa shape index (κ2) is 4.31. The highest BCUT2D eigenvalue weighted by molar-refractivity contribution is 5.50. The molecule has 0 saturated heterocycles. The molecule has 4 nitrogen and oxygen atoms in total. The SMILES string of the molecule is CC(C)(C)c1cc(O)c(O)c(C(O)CN)c1. The predicted octanol–water partition coefficient (Wildman–Crippen LogP) is 1.39. The molecule has 0 amide bonds. The first-order valence-electron chi connectivity index (χ1n) is 5.22. The molecule has 5 N–H and O–H groups in total. The van der Waals surface area contributed by atoms with Crippen LogP contribution in [0.1, 0.15) is 38.0 Å². The van der Waals surface area contributed by atoms with Gasteiger partial charge in [-0.2, -0.15) is 0 Å². The van der Waals surface area contributed by atoms with Gasteiger partial charge in [-0.25, -0.2) is 0 Å². The summed E-state index contributed by atoms with van der Waals surface area (Å²) in [6, 6.07) is 3.18. The van der Waals surface area contributed by atoms with Crippen molar-refractivity contribution in [1.82, 2.24) is 0 Å². The van der Waals surface area contributed by atoms with Crippen molar-refractivity contribution in [3.63, 3.8) is 0 Å². The van der Waals surface area contributed by atoms with Gasteiger partial charge in [0.15, 0.2) is 11.5 Å². The lowest BCUT2D eigenvalue weighted by Crippen LogP contribution is -2.15. The number of aliphatic hydroxyl groups is 1. The van der Waals surface area contributed by atoms with Gasteiger partial charge in [0.1, 0.15) is 0 Å².